The van der Waals surface area contributed by atoms with E-state index >= 15 is 0 Å². The van der Waals surface area contributed by atoms with Crippen molar-refractivity contribution in [3.05, 3.63) is 30.1 Å². The van der Waals surface area contributed by atoms with Crippen LogP contribution in [0.5, 0.6) is 0 Å². The summed E-state index contributed by atoms with van der Waals surface area (Å²) in [5, 5.41) is 3.05. The molecule has 1 saturated carbocycles. The Kier molecular flexibility index (Phi) is 3.64. The summed E-state index contributed by atoms with van der Waals surface area (Å²) in [7, 11) is 0. The van der Waals surface area contributed by atoms with Crippen LogP contribution in [0.3, 0.4) is 0 Å². The summed E-state index contributed by atoms with van der Waals surface area (Å²) in [5.41, 5.74) is 1.28. The van der Waals surface area contributed by atoms with Gasteiger partial charge in [0.25, 0.3) is 0 Å². The number of hydrogen-bond acceptors (Lipinski definition) is 3. The number of nitrogens with one attached hydrogen (secondary N) is 1. The van der Waals surface area contributed by atoms with Crippen molar-refractivity contribution in [3.63, 3.8) is 0 Å². The lowest BCUT2D eigenvalue weighted by Crippen LogP contribution is -2.51. The van der Waals surface area contributed by atoms with Crippen molar-refractivity contribution in [1.29, 1.82) is 0 Å². The number of urea groups is 1. The van der Waals surface area contributed by atoms with Gasteiger partial charge in [0.15, 0.2) is 0 Å². The highest BCUT2D eigenvalue weighted by molar-refractivity contribution is 5.75. The molecule has 0 unspecified atom stereocenters. The number of carbonyl (C=O) groups excluding carboxylic acids is 1. The molecular weight excluding hydrogens is 240 g/mol. The quantitative estimate of drug-likeness (QED) is 0.884. The number of rotatable bonds is 3. The monoisotopic (exact) mass is 260 g/mol. The maximum atomic E-state index is 11.9. The second-order valence-corrected chi connectivity index (χ2v) is 5.34. The van der Waals surface area contributed by atoms with E-state index in [1.54, 1.807) is 0 Å². The maximum Gasteiger partial charge on any atom is 0.317 e. The lowest BCUT2D eigenvalue weighted by Gasteiger charge is -2.34. The van der Waals surface area contributed by atoms with E-state index in [2.05, 4.69) is 15.2 Å². The molecule has 0 radical (unpaired) electrons. The fourth-order valence-electron chi connectivity index (χ4n) is 2.35. The van der Waals surface area contributed by atoms with Gasteiger partial charge in [0.05, 0.1) is 0 Å². The van der Waals surface area contributed by atoms with E-state index in [1.165, 1.54) is 5.56 Å². The standard InChI is InChI=1S/C14H20N4O/c19-14(16-13-1-2-13)18-9-7-17(8-10-18)11-12-3-5-15-6-4-12/h3-6,13H,1-2,7-11H2,(H,16,19). The Bertz CT molecular complexity index is 424. The van der Waals surface area contributed by atoms with Gasteiger partial charge in [-0.3, -0.25) is 9.88 Å². The van der Waals surface area contributed by atoms with E-state index in [0.717, 1.165) is 45.6 Å². The van der Waals surface area contributed by atoms with Gasteiger partial charge in [-0.25, -0.2) is 4.79 Å². The van der Waals surface area contributed by atoms with Gasteiger partial charge in [0.2, 0.25) is 0 Å². The second-order valence-electron chi connectivity index (χ2n) is 5.34. The van der Waals surface area contributed by atoms with Crippen LogP contribution < -0.4 is 5.32 Å². The average Bonchev–Trinajstić information content (AvgIpc) is 3.25. The van der Waals surface area contributed by atoms with Crippen LogP contribution in [0.25, 0.3) is 0 Å². The molecule has 2 aliphatic rings. The predicted molar refractivity (Wildman–Crippen MR) is 72.6 cm³/mol. The molecule has 2 fully saturated rings. The van der Waals surface area contributed by atoms with Crippen molar-refractivity contribution in [2.24, 2.45) is 0 Å². The Morgan fingerprint density at radius 2 is 1.89 bits per heavy atom. The zero-order valence-electron chi connectivity index (χ0n) is 11.1. The van der Waals surface area contributed by atoms with Crippen LogP contribution in [-0.2, 0) is 6.54 Å². The third kappa shape index (κ3) is 3.44. The first-order valence-electron chi connectivity index (χ1n) is 6.98. The van der Waals surface area contributed by atoms with E-state index in [1.807, 2.05) is 29.4 Å². The highest BCUT2D eigenvalue weighted by Gasteiger charge is 2.27. The van der Waals surface area contributed by atoms with Crippen LogP contribution in [0.15, 0.2) is 24.5 Å². The van der Waals surface area contributed by atoms with Crippen molar-refractivity contribution >= 4 is 6.03 Å². The van der Waals surface area contributed by atoms with E-state index in [9.17, 15) is 4.79 Å². The SMILES string of the molecule is O=C(NC1CC1)N1CCN(Cc2ccncc2)CC1. The summed E-state index contributed by atoms with van der Waals surface area (Å²) in [6.07, 6.45) is 5.95. The molecule has 0 atom stereocenters. The summed E-state index contributed by atoms with van der Waals surface area (Å²) in [4.78, 5) is 20.2. The van der Waals surface area contributed by atoms with Crippen LogP contribution in [0.2, 0.25) is 0 Å². The van der Waals surface area contributed by atoms with Gasteiger partial charge in [0.1, 0.15) is 0 Å². The van der Waals surface area contributed by atoms with Gasteiger partial charge >= 0.3 is 6.03 Å². The van der Waals surface area contributed by atoms with Crippen molar-refractivity contribution < 1.29 is 4.79 Å². The molecule has 1 N–H and O–H groups in total. The molecule has 3 rings (SSSR count). The Morgan fingerprint density at radius 3 is 2.53 bits per heavy atom. The normalized spacial score (nSPS) is 20.3. The lowest BCUT2D eigenvalue weighted by molar-refractivity contribution is 0.135. The molecule has 0 bridgehead atoms. The Labute approximate surface area is 113 Å². The Hall–Kier alpha value is -1.62. The fraction of sp³-hybridized carbons (Fsp3) is 0.571. The zero-order chi connectivity index (χ0) is 13.1. The lowest BCUT2D eigenvalue weighted by atomic mass is 10.2. The first kappa shape index (κ1) is 12.4. The van der Waals surface area contributed by atoms with Crippen molar-refractivity contribution in [1.82, 2.24) is 20.1 Å². The third-order valence-corrected chi connectivity index (χ3v) is 3.72. The average molecular weight is 260 g/mol. The smallest absolute Gasteiger partial charge is 0.317 e. The topological polar surface area (TPSA) is 48.5 Å². The molecule has 1 saturated heterocycles. The molecule has 102 valence electrons. The number of hydrogen-bond donors (Lipinski definition) is 1. The van der Waals surface area contributed by atoms with Crippen molar-refractivity contribution in [3.8, 4) is 0 Å². The molecule has 1 aromatic heterocycles. The van der Waals surface area contributed by atoms with Gasteiger partial charge in [0, 0.05) is 51.2 Å². The van der Waals surface area contributed by atoms with Crippen molar-refractivity contribution in [2.75, 3.05) is 26.2 Å². The third-order valence-electron chi connectivity index (χ3n) is 3.72. The van der Waals surface area contributed by atoms with Gasteiger partial charge in [-0.1, -0.05) is 0 Å². The summed E-state index contributed by atoms with van der Waals surface area (Å²) in [6, 6.07) is 4.66. The van der Waals surface area contributed by atoms with E-state index in [-0.39, 0.29) is 6.03 Å². The minimum atomic E-state index is 0.117. The van der Waals surface area contributed by atoms with Gasteiger partial charge in [-0.15, -0.1) is 0 Å². The molecule has 1 aromatic rings. The summed E-state index contributed by atoms with van der Waals surface area (Å²) in [5.74, 6) is 0. The number of amides is 2. The summed E-state index contributed by atoms with van der Waals surface area (Å²) in [6.45, 7) is 4.48. The Balaban J connectivity index is 1.45. The van der Waals surface area contributed by atoms with Crippen LogP contribution in [0.4, 0.5) is 4.79 Å². The number of piperazine rings is 1. The van der Waals surface area contributed by atoms with Crippen LogP contribution in [0.1, 0.15) is 18.4 Å². The van der Waals surface area contributed by atoms with Gasteiger partial charge < -0.3 is 10.2 Å². The highest BCUT2D eigenvalue weighted by atomic mass is 16.2. The minimum absolute atomic E-state index is 0.117. The number of nitrogens with zero attached hydrogens (tertiary/aromatic N) is 3. The first-order chi connectivity index (χ1) is 9.31. The second kappa shape index (κ2) is 5.57. The molecule has 5 nitrogen and oxygen atoms in total. The van der Waals surface area contributed by atoms with E-state index < -0.39 is 0 Å². The van der Waals surface area contributed by atoms with Crippen LogP contribution in [-0.4, -0.2) is 53.0 Å². The van der Waals surface area contributed by atoms with Crippen LogP contribution >= 0.6 is 0 Å². The van der Waals surface area contributed by atoms with Gasteiger partial charge in [-0.05, 0) is 30.5 Å². The van der Waals surface area contributed by atoms with E-state index in [0.29, 0.717) is 6.04 Å². The zero-order valence-corrected chi connectivity index (χ0v) is 11.1. The molecule has 2 heterocycles. The largest absolute Gasteiger partial charge is 0.335 e. The number of aromatic nitrogens is 1. The number of pyridine rings is 1. The van der Waals surface area contributed by atoms with Gasteiger partial charge in [-0.2, -0.15) is 0 Å². The summed E-state index contributed by atoms with van der Waals surface area (Å²) >= 11 is 0. The molecule has 19 heavy (non-hydrogen) atoms. The molecule has 0 aromatic carbocycles. The molecule has 0 spiro atoms. The molecule has 1 aliphatic heterocycles. The molecule has 5 heteroatoms. The molecule has 2 amide bonds. The maximum absolute atomic E-state index is 11.9. The Morgan fingerprint density at radius 1 is 1.21 bits per heavy atom. The first-order valence-corrected chi connectivity index (χ1v) is 6.98. The van der Waals surface area contributed by atoms with Crippen LogP contribution in [0, 0.1) is 0 Å². The predicted octanol–water partition coefficient (Wildman–Crippen LogP) is 1.07. The van der Waals surface area contributed by atoms with E-state index in [4.69, 9.17) is 0 Å². The molecule has 1 aliphatic carbocycles. The highest BCUT2D eigenvalue weighted by Crippen LogP contribution is 2.19. The van der Waals surface area contributed by atoms with Crippen molar-refractivity contribution in [2.45, 2.75) is 25.4 Å². The minimum Gasteiger partial charge on any atom is -0.335 e. The number of carbonyl (C=O) groups is 1. The summed E-state index contributed by atoms with van der Waals surface area (Å²) < 4.78 is 0. The fourth-order valence-corrected chi connectivity index (χ4v) is 2.35. The molecular formula is C14H20N4O.